The smallest absolute Gasteiger partial charge is 1.00 e. The molecule has 2 N–H and O–H groups in total. The molecular formula is C65H103BrMgO4S4. The van der Waals surface area contributed by atoms with Crippen LogP contribution < -0.4 is 17.0 Å². The largest absolute Gasteiger partial charge is 2.00 e. The number of Topliss-reactive ketones (excluding diaryl/α,β-unsaturated/α-hetero) is 2. The van der Waals surface area contributed by atoms with E-state index in [0.29, 0.717) is 24.0 Å². The Kier molecular flexibility index (Phi) is 40.5. The van der Waals surface area contributed by atoms with Crippen LogP contribution >= 0.6 is 45.3 Å². The quantitative estimate of drug-likeness (QED) is 0.0201. The maximum absolute atomic E-state index is 12.4. The molecule has 0 amide bonds. The standard InChI is InChI=1S/C40H68O2S2.C15H31.C10H4O2S2.BrH.Mg/c1-3-5-7-9-11-13-15-17-19-21-23-25-27-31-39(41)35-29-33-43-37(35)38-36(30-34-44-38)40(39,42)32-28-26-24-22-20-18-16-14-12-10-8-6-4-2;1-3-5-7-9-11-13-15-14-12-10-8-6-4-2;11-7-5-1-3-13-9(5)10-6(8(7)12)2-4-14-10;;/h29-30,33-34,41-42H,3-28,31-32H2,1-2H3;1,3-15H2,2H3;1-4H;1H;/q;-1;;;+2/p-1. The van der Waals surface area contributed by atoms with Crippen molar-refractivity contribution in [2.75, 3.05) is 0 Å². The number of thiophene rings is 4. The second-order valence-corrected chi connectivity index (χ2v) is 25.4. The Morgan fingerprint density at radius 1 is 0.360 bits per heavy atom. The maximum atomic E-state index is 12.4. The van der Waals surface area contributed by atoms with Gasteiger partial charge >= 0.3 is 23.1 Å². The molecule has 4 aromatic rings. The average Bonchev–Trinajstić information content (AvgIpc) is 4.26. The summed E-state index contributed by atoms with van der Waals surface area (Å²) in [4.78, 5) is 27.5. The Morgan fingerprint density at radius 3 is 0.853 bits per heavy atom. The van der Waals surface area contributed by atoms with Crippen LogP contribution in [0.3, 0.4) is 0 Å². The molecule has 2 aliphatic rings. The van der Waals surface area contributed by atoms with Crippen molar-refractivity contribution in [2.24, 2.45) is 0 Å². The topological polar surface area (TPSA) is 74.6 Å². The van der Waals surface area contributed by atoms with Crippen LogP contribution in [-0.2, 0) is 11.2 Å². The van der Waals surface area contributed by atoms with E-state index in [-0.39, 0.29) is 51.6 Å². The van der Waals surface area contributed by atoms with E-state index in [2.05, 4.69) is 50.6 Å². The molecule has 0 saturated heterocycles. The number of fused-ring (bicyclic) bond motifs is 6. The predicted octanol–water partition coefficient (Wildman–Crippen LogP) is 19.2. The van der Waals surface area contributed by atoms with Crippen LogP contribution in [0.15, 0.2) is 45.8 Å². The van der Waals surface area contributed by atoms with E-state index in [4.69, 9.17) is 0 Å². The maximum Gasteiger partial charge on any atom is 2.00 e. The van der Waals surface area contributed by atoms with Gasteiger partial charge in [0.05, 0.1) is 19.5 Å². The molecule has 2 unspecified atom stereocenters. The molecule has 4 heterocycles. The van der Waals surface area contributed by atoms with Gasteiger partial charge in [-0.25, -0.2) is 0 Å². The van der Waals surface area contributed by atoms with Crippen LogP contribution in [0.4, 0.5) is 0 Å². The van der Waals surface area contributed by atoms with Crippen LogP contribution in [-0.4, -0.2) is 44.8 Å². The van der Waals surface area contributed by atoms with Crippen molar-refractivity contribution >= 4 is 80.0 Å². The summed E-state index contributed by atoms with van der Waals surface area (Å²) in [5.41, 5.74) is 0.712. The van der Waals surface area contributed by atoms with Gasteiger partial charge in [0.2, 0.25) is 11.6 Å². The number of hydrogen-bond acceptors (Lipinski definition) is 8. The predicted molar refractivity (Wildman–Crippen MR) is 329 cm³/mol. The van der Waals surface area contributed by atoms with Gasteiger partial charge in [0.25, 0.3) is 0 Å². The van der Waals surface area contributed by atoms with Gasteiger partial charge in [-0.3, -0.25) is 9.59 Å². The molecule has 2 aliphatic carbocycles. The Bertz CT molecular complexity index is 1880. The molecular weight excluding hydrogens is 1080 g/mol. The van der Waals surface area contributed by atoms with E-state index in [9.17, 15) is 19.8 Å². The molecule has 0 aliphatic heterocycles. The van der Waals surface area contributed by atoms with Gasteiger partial charge in [0.1, 0.15) is 11.2 Å². The molecule has 420 valence electrons. The number of ketones is 2. The van der Waals surface area contributed by atoms with E-state index < -0.39 is 11.2 Å². The number of halogens is 1. The van der Waals surface area contributed by atoms with Crippen LogP contribution in [0.25, 0.3) is 19.5 Å². The minimum atomic E-state index is -1.19. The van der Waals surface area contributed by atoms with E-state index in [1.54, 1.807) is 34.8 Å². The van der Waals surface area contributed by atoms with E-state index in [0.717, 1.165) is 53.0 Å². The van der Waals surface area contributed by atoms with Crippen molar-refractivity contribution in [1.82, 2.24) is 0 Å². The molecule has 4 nitrogen and oxygen atoms in total. The van der Waals surface area contributed by atoms with Crippen LogP contribution in [0.2, 0.25) is 0 Å². The molecule has 75 heavy (non-hydrogen) atoms. The number of aliphatic hydroxyl groups is 2. The number of hydrogen-bond donors (Lipinski definition) is 2. The molecule has 0 fully saturated rings. The van der Waals surface area contributed by atoms with Gasteiger partial charge in [-0.15, -0.1) is 45.3 Å². The zero-order valence-electron chi connectivity index (χ0n) is 47.7. The zero-order valence-corrected chi connectivity index (χ0v) is 54.0. The Morgan fingerprint density at radius 2 is 0.587 bits per heavy atom. The molecule has 0 radical (unpaired) electrons. The summed E-state index contributed by atoms with van der Waals surface area (Å²) in [5, 5.41) is 32.8. The Hall–Kier alpha value is -0.694. The molecule has 6 rings (SSSR count). The van der Waals surface area contributed by atoms with Gasteiger partial charge < -0.3 is 34.1 Å². The molecule has 0 saturated carbocycles. The fourth-order valence-corrected chi connectivity index (χ4v) is 15.2. The van der Waals surface area contributed by atoms with Crippen LogP contribution in [0.5, 0.6) is 0 Å². The minimum Gasteiger partial charge on any atom is -1.00 e. The van der Waals surface area contributed by atoms with E-state index >= 15 is 0 Å². The normalized spacial score (nSPS) is 16.1. The monoisotopic (exact) mass is 1180 g/mol. The van der Waals surface area contributed by atoms with E-state index in [1.165, 1.54) is 251 Å². The molecule has 0 bridgehead atoms. The Labute approximate surface area is 502 Å². The van der Waals surface area contributed by atoms with Gasteiger partial charge in [-0.2, -0.15) is 6.42 Å². The number of rotatable bonds is 40. The second-order valence-electron chi connectivity index (χ2n) is 21.8. The van der Waals surface area contributed by atoms with Crippen molar-refractivity contribution in [3.8, 4) is 19.5 Å². The number of carbonyl (C=O) groups is 2. The Balaban J connectivity index is 0.000000501. The summed E-state index contributed by atoms with van der Waals surface area (Å²) in [7, 11) is 0. The summed E-state index contributed by atoms with van der Waals surface area (Å²) >= 11 is 6.48. The molecule has 10 heteroatoms. The summed E-state index contributed by atoms with van der Waals surface area (Å²) < 4.78 is 0. The van der Waals surface area contributed by atoms with Gasteiger partial charge in [-0.05, 0) is 58.6 Å². The summed E-state index contributed by atoms with van der Waals surface area (Å²) in [6.45, 7) is 10.7. The van der Waals surface area contributed by atoms with Crippen molar-refractivity contribution in [2.45, 2.75) is 295 Å². The first kappa shape index (κ1) is 70.4. The number of carbonyl (C=O) groups excluding carboxylic acids is 2. The molecule has 4 aromatic heterocycles. The van der Waals surface area contributed by atoms with Gasteiger partial charge in [0, 0.05) is 22.3 Å². The third-order valence-corrected chi connectivity index (χ3v) is 19.7. The average molecular weight is 1180 g/mol. The van der Waals surface area contributed by atoms with E-state index in [1.807, 2.05) is 10.8 Å². The van der Waals surface area contributed by atoms with Crippen molar-refractivity contribution < 1.29 is 36.8 Å². The minimum absolute atomic E-state index is 0. The van der Waals surface area contributed by atoms with Crippen molar-refractivity contribution in [1.29, 1.82) is 0 Å². The van der Waals surface area contributed by atoms with Crippen molar-refractivity contribution in [3.63, 3.8) is 0 Å². The molecule has 2 atom stereocenters. The SMILES string of the molecule is CCCCCCCCCCCCCCCC1(O)c2ccsc2-c2sccc2C1(O)CCCCCCCCCCCCCCC.O=C1C(=O)c2ccsc2-c2sccc21.[Br-].[CH2-]CCCCCCCCCCCCCC.[Mg+2]. The summed E-state index contributed by atoms with van der Waals surface area (Å²) in [6, 6.07) is 7.64. The van der Waals surface area contributed by atoms with Gasteiger partial charge in [-0.1, -0.05) is 265 Å². The summed E-state index contributed by atoms with van der Waals surface area (Å²) in [5.74, 6) is -0.737. The summed E-state index contributed by atoms with van der Waals surface area (Å²) in [6.07, 6.45) is 53.9. The first-order valence-electron chi connectivity index (χ1n) is 30.4. The fourth-order valence-electron chi connectivity index (χ4n) is 11.1. The van der Waals surface area contributed by atoms with Crippen LogP contribution in [0.1, 0.15) is 316 Å². The number of unbranched alkanes of at least 4 members (excludes halogenated alkanes) is 36. The second kappa shape index (κ2) is 43.1. The third-order valence-electron chi connectivity index (χ3n) is 15.7. The fraction of sp³-hybridized carbons (Fsp3) is 0.708. The first-order chi connectivity index (χ1) is 35.8. The molecule has 0 spiro atoms. The first-order valence-corrected chi connectivity index (χ1v) is 33.9. The molecule has 0 aromatic carbocycles. The third kappa shape index (κ3) is 24.1. The van der Waals surface area contributed by atoms with Gasteiger partial charge in [0.15, 0.2) is 0 Å². The van der Waals surface area contributed by atoms with Crippen molar-refractivity contribution in [3.05, 3.63) is 75.0 Å². The zero-order chi connectivity index (χ0) is 52.3. The van der Waals surface area contributed by atoms with Crippen LogP contribution in [0, 0.1) is 6.92 Å².